The average molecular weight is 245 g/mol. The van der Waals surface area contributed by atoms with E-state index in [2.05, 4.69) is 28.4 Å². The minimum absolute atomic E-state index is 0.336. The Balaban J connectivity index is 1.92. The van der Waals surface area contributed by atoms with Gasteiger partial charge in [-0.05, 0) is 25.7 Å². The zero-order chi connectivity index (χ0) is 12.5. The van der Waals surface area contributed by atoms with Gasteiger partial charge in [0, 0.05) is 29.9 Å². The van der Waals surface area contributed by atoms with Crippen LogP contribution in [0.4, 0.5) is 5.82 Å². The number of hydrogen-bond donors (Lipinski definition) is 2. The number of nitrogens with two attached hydrogens (primary N) is 1. The summed E-state index contributed by atoms with van der Waals surface area (Å²) < 4.78 is 1.86. The van der Waals surface area contributed by atoms with Crippen molar-refractivity contribution < 1.29 is 0 Å². The van der Waals surface area contributed by atoms with Gasteiger partial charge >= 0.3 is 0 Å². The molecule has 18 heavy (non-hydrogen) atoms. The predicted octanol–water partition coefficient (Wildman–Crippen LogP) is 1.58. The maximum Gasteiger partial charge on any atom is 0.157 e. The van der Waals surface area contributed by atoms with Gasteiger partial charge in [-0.3, -0.25) is 0 Å². The lowest BCUT2D eigenvalue weighted by Crippen LogP contribution is -2.22. The molecule has 2 aromatic heterocycles. The van der Waals surface area contributed by atoms with Crippen molar-refractivity contribution in [3.63, 3.8) is 0 Å². The first kappa shape index (κ1) is 11.5. The number of hydrogen-bond acceptors (Lipinski definition) is 4. The van der Waals surface area contributed by atoms with Gasteiger partial charge in [-0.2, -0.15) is 9.61 Å². The van der Waals surface area contributed by atoms with E-state index in [9.17, 15) is 0 Å². The van der Waals surface area contributed by atoms with Crippen LogP contribution < -0.4 is 11.1 Å². The molecule has 5 heteroatoms. The summed E-state index contributed by atoms with van der Waals surface area (Å²) in [6.07, 6.45) is 5.99. The highest BCUT2D eigenvalue weighted by atomic mass is 15.3. The van der Waals surface area contributed by atoms with E-state index in [1.165, 1.54) is 0 Å². The van der Waals surface area contributed by atoms with E-state index in [0.29, 0.717) is 12.1 Å². The summed E-state index contributed by atoms with van der Waals surface area (Å²) >= 11 is 0. The van der Waals surface area contributed by atoms with E-state index in [1.807, 2.05) is 10.6 Å². The minimum Gasteiger partial charge on any atom is -0.367 e. The van der Waals surface area contributed by atoms with Crippen LogP contribution in [0.5, 0.6) is 0 Å². The first-order valence-corrected chi connectivity index (χ1v) is 6.62. The second-order valence-electron chi connectivity index (χ2n) is 5.00. The van der Waals surface area contributed by atoms with Crippen LogP contribution in [0.1, 0.15) is 31.9 Å². The zero-order valence-corrected chi connectivity index (χ0v) is 10.6. The first-order valence-electron chi connectivity index (χ1n) is 6.62. The molecule has 0 bridgehead atoms. The van der Waals surface area contributed by atoms with Crippen LogP contribution >= 0.6 is 0 Å². The Morgan fingerprint density at radius 2 is 2.39 bits per heavy atom. The number of rotatable bonds is 3. The van der Waals surface area contributed by atoms with Crippen molar-refractivity contribution in [3.05, 3.63) is 24.0 Å². The largest absolute Gasteiger partial charge is 0.367 e. The summed E-state index contributed by atoms with van der Waals surface area (Å²) in [6.45, 7) is 2.12. The number of anilines is 1. The SMILES string of the molecule is CCc1cc(NC2CCC(N)C2)n2nccc2n1. The Hall–Kier alpha value is -1.62. The van der Waals surface area contributed by atoms with Crippen LogP contribution in [0.25, 0.3) is 5.65 Å². The third-order valence-corrected chi connectivity index (χ3v) is 3.60. The van der Waals surface area contributed by atoms with Gasteiger partial charge in [-0.1, -0.05) is 6.92 Å². The summed E-state index contributed by atoms with van der Waals surface area (Å²) in [6, 6.07) is 4.82. The van der Waals surface area contributed by atoms with E-state index < -0.39 is 0 Å². The molecule has 3 N–H and O–H groups in total. The quantitative estimate of drug-likeness (QED) is 0.861. The molecule has 2 heterocycles. The molecule has 1 aliphatic rings. The highest BCUT2D eigenvalue weighted by Gasteiger charge is 2.22. The molecule has 1 aliphatic carbocycles. The normalized spacial score (nSPS) is 23.7. The van der Waals surface area contributed by atoms with Crippen LogP contribution in [0.3, 0.4) is 0 Å². The number of aromatic nitrogens is 3. The van der Waals surface area contributed by atoms with Crippen LogP contribution in [0.15, 0.2) is 18.3 Å². The smallest absolute Gasteiger partial charge is 0.157 e. The predicted molar refractivity (Wildman–Crippen MR) is 71.6 cm³/mol. The van der Waals surface area contributed by atoms with E-state index in [1.54, 1.807) is 6.20 Å². The third-order valence-electron chi connectivity index (χ3n) is 3.60. The minimum atomic E-state index is 0.336. The molecule has 1 fully saturated rings. The third kappa shape index (κ3) is 2.06. The van der Waals surface area contributed by atoms with E-state index in [4.69, 9.17) is 5.73 Å². The van der Waals surface area contributed by atoms with Crippen LogP contribution in [-0.2, 0) is 6.42 Å². The second kappa shape index (κ2) is 4.57. The molecular formula is C13H19N5. The van der Waals surface area contributed by atoms with Crippen molar-refractivity contribution in [2.75, 3.05) is 5.32 Å². The van der Waals surface area contributed by atoms with Gasteiger partial charge in [-0.15, -0.1) is 0 Å². The van der Waals surface area contributed by atoms with Crippen LogP contribution in [0, 0.1) is 0 Å². The van der Waals surface area contributed by atoms with E-state index >= 15 is 0 Å². The first-order chi connectivity index (χ1) is 8.76. The van der Waals surface area contributed by atoms with Crippen molar-refractivity contribution in [2.45, 2.75) is 44.7 Å². The van der Waals surface area contributed by atoms with Gasteiger partial charge in [0.15, 0.2) is 5.65 Å². The fraction of sp³-hybridized carbons (Fsp3) is 0.538. The molecule has 0 aliphatic heterocycles. The lowest BCUT2D eigenvalue weighted by molar-refractivity contribution is 0.684. The van der Waals surface area contributed by atoms with Crippen molar-refractivity contribution in [1.29, 1.82) is 0 Å². The molecule has 2 aromatic rings. The second-order valence-corrected chi connectivity index (χ2v) is 5.00. The molecule has 1 saturated carbocycles. The average Bonchev–Trinajstić information content (AvgIpc) is 2.98. The zero-order valence-electron chi connectivity index (χ0n) is 10.6. The summed E-state index contributed by atoms with van der Waals surface area (Å²) in [5, 5.41) is 7.87. The Labute approximate surface area is 106 Å². The van der Waals surface area contributed by atoms with Crippen molar-refractivity contribution in [1.82, 2.24) is 14.6 Å². The van der Waals surface area contributed by atoms with E-state index in [-0.39, 0.29) is 0 Å². The fourth-order valence-corrected chi connectivity index (χ4v) is 2.61. The Morgan fingerprint density at radius 3 is 3.11 bits per heavy atom. The van der Waals surface area contributed by atoms with Gasteiger partial charge in [-0.25, -0.2) is 4.98 Å². The molecule has 3 rings (SSSR count). The standard InChI is InChI=1S/C13H19N5/c1-2-10-8-13(17-11-4-3-9(14)7-11)18-12(16-10)5-6-15-18/h5-6,8-9,11,17H,2-4,7,14H2,1H3. The van der Waals surface area contributed by atoms with Crippen molar-refractivity contribution in [3.8, 4) is 0 Å². The maximum absolute atomic E-state index is 5.95. The number of nitrogens with zero attached hydrogens (tertiary/aromatic N) is 3. The monoisotopic (exact) mass is 245 g/mol. The van der Waals surface area contributed by atoms with Crippen LogP contribution in [-0.4, -0.2) is 26.7 Å². The van der Waals surface area contributed by atoms with Gasteiger partial charge in [0.1, 0.15) is 5.82 Å². The van der Waals surface area contributed by atoms with Gasteiger partial charge in [0.25, 0.3) is 0 Å². The molecule has 2 atom stereocenters. The number of nitrogens with one attached hydrogen (secondary N) is 1. The lowest BCUT2D eigenvalue weighted by atomic mass is 10.2. The maximum atomic E-state index is 5.95. The summed E-state index contributed by atoms with van der Waals surface area (Å²) in [7, 11) is 0. The molecule has 0 amide bonds. The molecule has 96 valence electrons. The van der Waals surface area contributed by atoms with Crippen molar-refractivity contribution >= 4 is 11.5 Å². The topological polar surface area (TPSA) is 68.2 Å². The van der Waals surface area contributed by atoms with Crippen molar-refractivity contribution in [2.24, 2.45) is 5.73 Å². The highest BCUT2D eigenvalue weighted by molar-refractivity contribution is 5.49. The molecule has 2 unspecified atom stereocenters. The lowest BCUT2D eigenvalue weighted by Gasteiger charge is -2.15. The summed E-state index contributed by atoms with van der Waals surface area (Å²) in [5.74, 6) is 1.03. The molecule has 0 aromatic carbocycles. The molecular weight excluding hydrogens is 226 g/mol. The summed E-state index contributed by atoms with van der Waals surface area (Å²) in [5.41, 5.74) is 7.95. The Kier molecular flexibility index (Phi) is 2.91. The van der Waals surface area contributed by atoms with E-state index in [0.717, 1.165) is 42.8 Å². The molecule has 0 saturated heterocycles. The Bertz CT molecular complexity index is 547. The van der Waals surface area contributed by atoms with Gasteiger partial charge in [0.05, 0.1) is 6.20 Å². The fourth-order valence-electron chi connectivity index (χ4n) is 2.61. The highest BCUT2D eigenvalue weighted by Crippen LogP contribution is 2.22. The Morgan fingerprint density at radius 1 is 1.50 bits per heavy atom. The molecule has 0 spiro atoms. The van der Waals surface area contributed by atoms with Gasteiger partial charge in [0.2, 0.25) is 0 Å². The van der Waals surface area contributed by atoms with Gasteiger partial charge < -0.3 is 11.1 Å². The number of aryl methyl sites for hydroxylation is 1. The molecule has 0 radical (unpaired) electrons. The number of fused-ring (bicyclic) bond motifs is 1. The summed E-state index contributed by atoms with van der Waals surface area (Å²) in [4.78, 5) is 4.54. The van der Waals surface area contributed by atoms with Crippen LogP contribution in [0.2, 0.25) is 0 Å². The molecule has 5 nitrogen and oxygen atoms in total.